The Bertz CT molecular complexity index is 1260. The first-order valence-electron chi connectivity index (χ1n) is 11.0. The van der Waals surface area contributed by atoms with Gasteiger partial charge in [-0.15, -0.1) is 11.3 Å². The standard InChI is InChI=1S/C18H20N6OS.2C2HF3O2/c1-13-17(26-12-22-13)10-23-8-15-7-20-11-24(15)16(9-23)18(25)21-6-14-3-2-4-19-5-14;2*3-2(4,5)1(6)7/h2-5,7,11-12,16H,6,8-10H2,1H3,(H,21,25);2*(H,6,7). The van der Waals surface area contributed by atoms with Gasteiger partial charge in [0.25, 0.3) is 0 Å². The molecule has 1 unspecified atom stereocenters. The van der Waals surface area contributed by atoms with E-state index in [9.17, 15) is 31.1 Å². The van der Waals surface area contributed by atoms with Gasteiger partial charge in [-0.25, -0.2) is 19.6 Å². The number of thiazole rings is 1. The van der Waals surface area contributed by atoms with E-state index in [2.05, 4.69) is 25.2 Å². The zero-order valence-electron chi connectivity index (χ0n) is 20.5. The van der Waals surface area contributed by atoms with Crippen molar-refractivity contribution < 1.29 is 50.9 Å². The fraction of sp³-hybridized carbons (Fsp3) is 0.364. The molecule has 218 valence electrons. The van der Waals surface area contributed by atoms with Gasteiger partial charge in [-0.3, -0.25) is 14.7 Å². The predicted octanol–water partition coefficient (Wildman–Crippen LogP) is 3.18. The molecule has 1 aliphatic heterocycles. The quantitative estimate of drug-likeness (QED) is 0.378. The van der Waals surface area contributed by atoms with Crippen LogP contribution in [0, 0.1) is 6.92 Å². The number of aliphatic carboxylic acids is 2. The number of carbonyl (C=O) groups is 3. The predicted molar refractivity (Wildman–Crippen MR) is 126 cm³/mol. The van der Waals surface area contributed by atoms with Crippen molar-refractivity contribution >= 4 is 29.2 Å². The zero-order valence-corrected chi connectivity index (χ0v) is 21.3. The van der Waals surface area contributed by atoms with Crippen molar-refractivity contribution in [2.75, 3.05) is 6.54 Å². The molecule has 0 saturated carbocycles. The number of aryl methyl sites for hydroxylation is 1. The van der Waals surface area contributed by atoms with Crippen LogP contribution < -0.4 is 5.32 Å². The number of pyridine rings is 1. The number of fused-ring (bicyclic) bond motifs is 1. The van der Waals surface area contributed by atoms with Crippen LogP contribution in [0.25, 0.3) is 0 Å². The van der Waals surface area contributed by atoms with Crippen LogP contribution in [0.2, 0.25) is 0 Å². The van der Waals surface area contributed by atoms with Crippen LogP contribution in [0.4, 0.5) is 26.3 Å². The van der Waals surface area contributed by atoms with Gasteiger partial charge >= 0.3 is 24.3 Å². The zero-order chi connectivity index (χ0) is 30.1. The minimum absolute atomic E-state index is 0.00108. The van der Waals surface area contributed by atoms with Crippen molar-refractivity contribution in [2.24, 2.45) is 0 Å². The van der Waals surface area contributed by atoms with Gasteiger partial charge < -0.3 is 20.1 Å². The molecular formula is C22H22F6N6O5S. The molecule has 0 saturated heterocycles. The summed E-state index contributed by atoms with van der Waals surface area (Å²) in [7, 11) is 0. The summed E-state index contributed by atoms with van der Waals surface area (Å²) in [6.07, 6.45) is -3.09. The molecule has 3 aromatic rings. The van der Waals surface area contributed by atoms with E-state index in [-0.39, 0.29) is 11.9 Å². The van der Waals surface area contributed by atoms with Crippen molar-refractivity contribution in [3.05, 3.63) is 64.4 Å². The summed E-state index contributed by atoms with van der Waals surface area (Å²) < 4.78 is 65.5. The van der Waals surface area contributed by atoms with Gasteiger partial charge in [0.1, 0.15) is 6.04 Å². The summed E-state index contributed by atoms with van der Waals surface area (Å²) in [5.74, 6) is -5.51. The first-order valence-corrected chi connectivity index (χ1v) is 11.9. The Morgan fingerprint density at radius 2 is 1.70 bits per heavy atom. The van der Waals surface area contributed by atoms with E-state index in [1.807, 2.05) is 35.3 Å². The highest BCUT2D eigenvalue weighted by Gasteiger charge is 2.39. The summed E-state index contributed by atoms with van der Waals surface area (Å²) >= 11 is 1.66. The molecule has 40 heavy (non-hydrogen) atoms. The van der Waals surface area contributed by atoms with Crippen LogP contribution in [-0.2, 0) is 34.0 Å². The van der Waals surface area contributed by atoms with Crippen LogP contribution in [-0.4, -0.2) is 71.4 Å². The minimum atomic E-state index is -5.08. The van der Waals surface area contributed by atoms with E-state index in [0.29, 0.717) is 13.1 Å². The number of imidazole rings is 1. The maximum Gasteiger partial charge on any atom is 0.490 e. The average molecular weight is 597 g/mol. The average Bonchev–Trinajstić information content (AvgIpc) is 3.51. The van der Waals surface area contributed by atoms with E-state index in [1.54, 1.807) is 30.1 Å². The molecule has 0 aromatic carbocycles. The Morgan fingerprint density at radius 3 is 2.20 bits per heavy atom. The van der Waals surface area contributed by atoms with E-state index in [1.165, 1.54) is 4.88 Å². The lowest BCUT2D eigenvalue weighted by Gasteiger charge is -2.33. The lowest BCUT2D eigenvalue weighted by Crippen LogP contribution is -2.44. The Morgan fingerprint density at radius 1 is 1.07 bits per heavy atom. The number of amides is 1. The number of nitrogens with zero attached hydrogens (tertiary/aromatic N) is 5. The Labute approximate surface area is 226 Å². The second kappa shape index (κ2) is 13.8. The van der Waals surface area contributed by atoms with Crippen LogP contribution in [0.3, 0.4) is 0 Å². The molecule has 0 fully saturated rings. The molecule has 1 aliphatic rings. The van der Waals surface area contributed by atoms with Crippen LogP contribution in [0.15, 0.2) is 42.6 Å². The largest absolute Gasteiger partial charge is 0.490 e. The fourth-order valence-electron chi connectivity index (χ4n) is 3.18. The van der Waals surface area contributed by atoms with Crippen molar-refractivity contribution in [2.45, 2.75) is 45.0 Å². The van der Waals surface area contributed by atoms with Crippen molar-refractivity contribution in [3.8, 4) is 0 Å². The summed E-state index contributed by atoms with van der Waals surface area (Å²) in [5.41, 5.74) is 4.97. The van der Waals surface area contributed by atoms with Gasteiger partial charge in [-0.2, -0.15) is 26.3 Å². The number of carbonyl (C=O) groups excluding carboxylic acids is 1. The van der Waals surface area contributed by atoms with Gasteiger partial charge in [-0.05, 0) is 18.6 Å². The molecule has 0 radical (unpaired) electrons. The smallest absolute Gasteiger partial charge is 0.475 e. The second-order valence-corrected chi connectivity index (χ2v) is 8.96. The first kappa shape index (κ1) is 32.2. The number of halogens is 6. The summed E-state index contributed by atoms with van der Waals surface area (Å²) in [6.45, 7) is 4.73. The molecule has 18 heteroatoms. The molecular weight excluding hydrogens is 574 g/mol. The van der Waals surface area contributed by atoms with Crippen molar-refractivity contribution in [1.29, 1.82) is 0 Å². The molecule has 3 aromatic heterocycles. The lowest BCUT2D eigenvalue weighted by atomic mass is 10.1. The Kier molecular flexibility index (Phi) is 11.1. The van der Waals surface area contributed by atoms with E-state index < -0.39 is 24.3 Å². The maximum atomic E-state index is 12.8. The number of nitrogens with one attached hydrogen (secondary N) is 1. The number of carboxylic acid groups (broad SMARTS) is 2. The number of hydrogen-bond acceptors (Lipinski definition) is 8. The summed E-state index contributed by atoms with van der Waals surface area (Å²) in [5, 5.41) is 17.3. The van der Waals surface area contributed by atoms with Gasteiger partial charge in [0.05, 0.1) is 23.2 Å². The third-order valence-corrected chi connectivity index (χ3v) is 6.01. The van der Waals surface area contributed by atoms with E-state index >= 15 is 0 Å². The van der Waals surface area contributed by atoms with Gasteiger partial charge in [-0.1, -0.05) is 6.07 Å². The molecule has 4 heterocycles. The van der Waals surface area contributed by atoms with Gasteiger partial charge in [0.2, 0.25) is 5.91 Å². The minimum Gasteiger partial charge on any atom is -0.475 e. The molecule has 1 atom stereocenters. The molecule has 0 bridgehead atoms. The van der Waals surface area contributed by atoms with Crippen molar-refractivity contribution in [1.82, 2.24) is 29.7 Å². The second-order valence-electron chi connectivity index (χ2n) is 8.02. The number of aromatic nitrogens is 4. The first-order chi connectivity index (χ1) is 18.6. The molecule has 0 spiro atoms. The van der Waals surface area contributed by atoms with E-state index in [4.69, 9.17) is 19.8 Å². The van der Waals surface area contributed by atoms with Crippen LogP contribution in [0.5, 0.6) is 0 Å². The van der Waals surface area contributed by atoms with Crippen molar-refractivity contribution in [3.63, 3.8) is 0 Å². The topological polar surface area (TPSA) is 151 Å². The number of carboxylic acids is 2. The Balaban J connectivity index is 0.000000333. The monoisotopic (exact) mass is 596 g/mol. The van der Waals surface area contributed by atoms with Crippen LogP contribution in [0.1, 0.15) is 27.9 Å². The maximum absolute atomic E-state index is 12.8. The molecule has 1 amide bonds. The number of hydrogen-bond donors (Lipinski definition) is 3. The normalized spacial score (nSPS) is 15.0. The highest BCUT2D eigenvalue weighted by atomic mass is 32.1. The molecule has 11 nitrogen and oxygen atoms in total. The summed E-state index contributed by atoms with van der Waals surface area (Å²) in [4.78, 5) is 46.8. The number of alkyl halides is 6. The highest BCUT2D eigenvalue weighted by molar-refractivity contribution is 7.09. The van der Waals surface area contributed by atoms with E-state index in [0.717, 1.165) is 30.0 Å². The van der Waals surface area contributed by atoms with Gasteiger partial charge in [0, 0.05) is 49.6 Å². The fourth-order valence-corrected chi connectivity index (χ4v) is 4.00. The van der Waals surface area contributed by atoms with Gasteiger partial charge in [0.15, 0.2) is 0 Å². The van der Waals surface area contributed by atoms with Crippen LogP contribution >= 0.6 is 11.3 Å². The number of rotatable bonds is 5. The lowest BCUT2D eigenvalue weighted by molar-refractivity contribution is -0.193. The highest BCUT2D eigenvalue weighted by Crippen LogP contribution is 2.25. The third-order valence-electron chi connectivity index (χ3n) is 5.09. The third kappa shape index (κ3) is 9.92. The Hall–Kier alpha value is -4.06. The molecule has 4 rings (SSSR count). The SMILES string of the molecule is Cc1ncsc1CN1Cc2cncn2C(C(=O)NCc2cccnc2)C1.O=C(O)C(F)(F)F.O=C(O)C(F)(F)F. The summed E-state index contributed by atoms with van der Waals surface area (Å²) in [6, 6.07) is 3.54. The molecule has 0 aliphatic carbocycles. The molecule has 3 N–H and O–H groups in total.